The van der Waals surface area contributed by atoms with Crippen molar-refractivity contribution < 1.29 is 0 Å². The van der Waals surface area contributed by atoms with Crippen molar-refractivity contribution in [1.29, 1.82) is 5.26 Å². The van der Waals surface area contributed by atoms with Gasteiger partial charge in [-0.05, 0) is 37.1 Å². The first-order valence-corrected chi connectivity index (χ1v) is 6.63. The van der Waals surface area contributed by atoms with Gasteiger partial charge in [0.15, 0.2) is 0 Å². The molecule has 1 aromatic heterocycles. The van der Waals surface area contributed by atoms with Crippen LogP contribution in [0, 0.1) is 18.3 Å². The summed E-state index contributed by atoms with van der Waals surface area (Å²) in [5, 5.41) is 9.85. The fourth-order valence-corrected chi connectivity index (χ4v) is 2.61. The summed E-state index contributed by atoms with van der Waals surface area (Å²) in [6.07, 6.45) is 1.02. The Labute approximate surface area is 106 Å². The molecule has 1 heterocycles. The van der Waals surface area contributed by atoms with Crippen LogP contribution in [-0.2, 0) is 6.42 Å². The zero-order valence-electron chi connectivity index (χ0n) is 10.0. The molecule has 2 rings (SSSR count). The van der Waals surface area contributed by atoms with Gasteiger partial charge < -0.3 is 0 Å². The monoisotopic (exact) mass is 242 g/mol. The molecule has 0 fully saturated rings. The lowest BCUT2D eigenvalue weighted by molar-refractivity contribution is 1.14. The van der Waals surface area contributed by atoms with Crippen LogP contribution < -0.4 is 0 Å². The zero-order valence-corrected chi connectivity index (χ0v) is 10.8. The van der Waals surface area contributed by atoms with Crippen LogP contribution >= 0.6 is 11.8 Å². The molecule has 0 atom stereocenters. The highest BCUT2D eigenvalue weighted by atomic mass is 32.2. The Morgan fingerprint density at radius 1 is 1.35 bits per heavy atom. The first kappa shape index (κ1) is 11.9. The van der Waals surface area contributed by atoms with Gasteiger partial charge in [0.2, 0.25) is 0 Å². The molecule has 0 saturated carbocycles. The fourth-order valence-electron chi connectivity index (χ4n) is 1.82. The van der Waals surface area contributed by atoms with Gasteiger partial charge in [-0.25, -0.2) is 0 Å². The van der Waals surface area contributed by atoms with Gasteiger partial charge in [-0.2, -0.15) is 5.26 Å². The van der Waals surface area contributed by atoms with Crippen molar-refractivity contribution >= 4 is 22.7 Å². The van der Waals surface area contributed by atoms with Crippen LogP contribution in [0.15, 0.2) is 29.2 Å². The number of nitriles is 1. The predicted molar refractivity (Wildman–Crippen MR) is 72.2 cm³/mol. The molecule has 0 unspecified atom stereocenters. The van der Waals surface area contributed by atoms with Gasteiger partial charge in [0.05, 0.1) is 17.3 Å². The standard InChI is InChI=1S/C14H14N2S/c1-3-11-4-5-13-12(9-11)14(17-7-6-15)8-10(2)16-13/h4-5,8-9H,3,7H2,1-2H3. The fraction of sp³-hybridized carbons (Fsp3) is 0.286. The molecular formula is C14H14N2S. The number of fused-ring (bicyclic) bond motifs is 1. The SMILES string of the molecule is CCc1ccc2nc(C)cc(SCC#N)c2c1. The molecule has 0 aliphatic carbocycles. The third-order valence-corrected chi connectivity index (χ3v) is 3.59. The molecule has 0 amide bonds. The van der Waals surface area contributed by atoms with E-state index in [0.717, 1.165) is 27.9 Å². The molecule has 2 aromatic rings. The normalized spacial score (nSPS) is 10.4. The summed E-state index contributed by atoms with van der Waals surface area (Å²) >= 11 is 1.58. The summed E-state index contributed by atoms with van der Waals surface area (Å²) < 4.78 is 0. The minimum atomic E-state index is 0.481. The molecule has 1 aromatic carbocycles. The summed E-state index contributed by atoms with van der Waals surface area (Å²) in [6.45, 7) is 4.13. The van der Waals surface area contributed by atoms with Crippen LogP contribution in [0.3, 0.4) is 0 Å². The van der Waals surface area contributed by atoms with Gasteiger partial charge in [-0.15, -0.1) is 11.8 Å². The second-order valence-electron chi connectivity index (χ2n) is 3.91. The molecule has 3 heteroatoms. The van der Waals surface area contributed by atoms with E-state index in [2.05, 4.69) is 42.2 Å². The van der Waals surface area contributed by atoms with Gasteiger partial charge in [-0.1, -0.05) is 13.0 Å². The second kappa shape index (κ2) is 5.20. The average Bonchev–Trinajstić information content (AvgIpc) is 2.35. The molecule has 17 heavy (non-hydrogen) atoms. The highest BCUT2D eigenvalue weighted by molar-refractivity contribution is 7.99. The van der Waals surface area contributed by atoms with E-state index < -0.39 is 0 Å². The van der Waals surface area contributed by atoms with Crippen LogP contribution in [0.1, 0.15) is 18.2 Å². The van der Waals surface area contributed by atoms with Gasteiger partial charge in [0.1, 0.15) is 0 Å². The molecule has 0 N–H and O–H groups in total. The van der Waals surface area contributed by atoms with Crippen molar-refractivity contribution in [3.05, 3.63) is 35.5 Å². The maximum absolute atomic E-state index is 8.68. The highest BCUT2D eigenvalue weighted by Crippen LogP contribution is 2.28. The predicted octanol–water partition coefficient (Wildman–Crippen LogP) is 3.72. The van der Waals surface area contributed by atoms with Gasteiger partial charge in [-0.3, -0.25) is 4.98 Å². The molecule has 0 aliphatic rings. The molecule has 86 valence electrons. The number of aryl methyl sites for hydroxylation is 2. The Morgan fingerprint density at radius 2 is 2.18 bits per heavy atom. The molecule has 0 aliphatic heterocycles. The van der Waals surface area contributed by atoms with Gasteiger partial charge in [0.25, 0.3) is 0 Å². The summed E-state index contributed by atoms with van der Waals surface area (Å²) in [4.78, 5) is 5.68. The largest absolute Gasteiger partial charge is 0.253 e. The van der Waals surface area contributed by atoms with E-state index >= 15 is 0 Å². The smallest absolute Gasteiger partial charge is 0.0855 e. The Morgan fingerprint density at radius 3 is 2.88 bits per heavy atom. The van der Waals surface area contributed by atoms with E-state index in [9.17, 15) is 0 Å². The summed E-state index contributed by atoms with van der Waals surface area (Å²) in [5.74, 6) is 0.481. The van der Waals surface area contributed by atoms with Crippen LogP contribution in [-0.4, -0.2) is 10.7 Å². The Bertz CT molecular complexity index is 585. The second-order valence-corrected chi connectivity index (χ2v) is 4.93. The van der Waals surface area contributed by atoms with Crippen molar-refractivity contribution in [2.24, 2.45) is 0 Å². The number of aromatic nitrogens is 1. The number of hydrogen-bond acceptors (Lipinski definition) is 3. The van der Waals surface area contributed by atoms with Crippen LogP contribution in [0.4, 0.5) is 0 Å². The summed E-state index contributed by atoms with van der Waals surface area (Å²) in [5.41, 5.74) is 3.33. The van der Waals surface area contributed by atoms with E-state index in [0.29, 0.717) is 5.75 Å². The molecular weight excluding hydrogens is 228 g/mol. The van der Waals surface area contributed by atoms with Gasteiger partial charge in [0, 0.05) is 16.0 Å². The number of hydrogen-bond donors (Lipinski definition) is 0. The Kier molecular flexibility index (Phi) is 3.65. The topological polar surface area (TPSA) is 36.7 Å². The van der Waals surface area contributed by atoms with E-state index in [1.807, 2.05) is 6.92 Å². The third kappa shape index (κ3) is 2.59. The van der Waals surface area contributed by atoms with Crippen LogP contribution in [0.25, 0.3) is 10.9 Å². The van der Waals surface area contributed by atoms with Crippen LogP contribution in [0.2, 0.25) is 0 Å². The van der Waals surface area contributed by atoms with Crippen molar-refractivity contribution in [3.8, 4) is 6.07 Å². The highest BCUT2D eigenvalue weighted by Gasteiger charge is 2.05. The first-order chi connectivity index (χ1) is 8.24. The zero-order chi connectivity index (χ0) is 12.3. The summed E-state index contributed by atoms with van der Waals surface area (Å²) in [7, 11) is 0. The van der Waals surface area contributed by atoms with E-state index in [1.165, 1.54) is 5.56 Å². The maximum atomic E-state index is 8.68. The molecule has 0 saturated heterocycles. The molecule has 0 radical (unpaired) electrons. The lowest BCUT2D eigenvalue weighted by Crippen LogP contribution is -1.89. The quantitative estimate of drug-likeness (QED) is 0.770. The van der Waals surface area contributed by atoms with Crippen molar-refractivity contribution in [3.63, 3.8) is 0 Å². The van der Waals surface area contributed by atoms with E-state index in [-0.39, 0.29) is 0 Å². The van der Waals surface area contributed by atoms with Crippen molar-refractivity contribution in [2.45, 2.75) is 25.2 Å². The van der Waals surface area contributed by atoms with Gasteiger partial charge >= 0.3 is 0 Å². The lowest BCUT2D eigenvalue weighted by Gasteiger charge is -2.07. The van der Waals surface area contributed by atoms with Crippen molar-refractivity contribution in [1.82, 2.24) is 4.98 Å². The minimum absolute atomic E-state index is 0.481. The van der Waals surface area contributed by atoms with Crippen LogP contribution in [0.5, 0.6) is 0 Å². The Hall–Kier alpha value is -1.53. The number of nitrogens with zero attached hydrogens (tertiary/aromatic N) is 2. The third-order valence-electron chi connectivity index (χ3n) is 2.66. The number of rotatable bonds is 3. The first-order valence-electron chi connectivity index (χ1n) is 5.64. The molecule has 0 bridgehead atoms. The number of thioether (sulfide) groups is 1. The summed E-state index contributed by atoms with van der Waals surface area (Å²) in [6, 6.07) is 10.6. The molecule has 0 spiro atoms. The number of benzene rings is 1. The minimum Gasteiger partial charge on any atom is -0.253 e. The van der Waals surface area contributed by atoms with E-state index in [4.69, 9.17) is 5.26 Å². The van der Waals surface area contributed by atoms with Crippen molar-refractivity contribution in [2.75, 3.05) is 5.75 Å². The lowest BCUT2D eigenvalue weighted by atomic mass is 10.1. The molecule has 2 nitrogen and oxygen atoms in total. The maximum Gasteiger partial charge on any atom is 0.0855 e. The average molecular weight is 242 g/mol. The Balaban J connectivity index is 2.58. The number of pyridine rings is 1. The van der Waals surface area contributed by atoms with E-state index in [1.54, 1.807) is 11.8 Å².